The molecule has 0 fully saturated rings. The molecule has 0 spiro atoms. The number of nitrogens with one attached hydrogen (secondary N) is 1. The van der Waals surface area contributed by atoms with E-state index in [1.165, 1.54) is 0 Å². The van der Waals surface area contributed by atoms with Crippen LogP contribution in [0.1, 0.15) is 24.2 Å². The second-order valence-corrected chi connectivity index (χ2v) is 4.71. The third-order valence-electron chi connectivity index (χ3n) is 3.25. The van der Waals surface area contributed by atoms with Gasteiger partial charge in [0.05, 0.1) is 5.69 Å². The molecule has 1 unspecified atom stereocenters. The molecule has 1 aliphatic heterocycles. The molecule has 104 valence electrons. The summed E-state index contributed by atoms with van der Waals surface area (Å²) in [6.45, 7) is 4.05. The number of aromatic nitrogens is 2. The molecular formula is C15H17N3O2. The Morgan fingerprint density at radius 3 is 2.85 bits per heavy atom. The Morgan fingerprint density at radius 2 is 2.05 bits per heavy atom. The Labute approximate surface area is 118 Å². The number of fused-ring (bicyclic) bond motifs is 1. The van der Waals surface area contributed by atoms with Crippen LogP contribution in [0.4, 0.5) is 0 Å². The molecule has 0 bridgehead atoms. The van der Waals surface area contributed by atoms with Crippen LogP contribution in [0.25, 0.3) is 0 Å². The van der Waals surface area contributed by atoms with E-state index in [1.54, 1.807) is 18.6 Å². The van der Waals surface area contributed by atoms with E-state index >= 15 is 0 Å². The van der Waals surface area contributed by atoms with Crippen molar-refractivity contribution in [2.24, 2.45) is 0 Å². The molecule has 20 heavy (non-hydrogen) atoms. The highest BCUT2D eigenvalue weighted by Crippen LogP contribution is 2.30. The van der Waals surface area contributed by atoms with Crippen molar-refractivity contribution in [2.75, 3.05) is 13.2 Å². The standard InChI is InChI=1S/C15H17N3O2/c1-11(13-10-16-4-5-17-13)18-9-12-2-3-14-15(8-12)20-7-6-19-14/h2-5,8,10-11,18H,6-7,9H2,1H3. The first-order chi connectivity index (χ1) is 9.83. The summed E-state index contributed by atoms with van der Waals surface area (Å²) in [5.74, 6) is 1.64. The number of ether oxygens (including phenoxy) is 2. The van der Waals surface area contributed by atoms with Gasteiger partial charge in [0.1, 0.15) is 13.2 Å². The molecule has 1 aliphatic rings. The van der Waals surface area contributed by atoms with Crippen molar-refractivity contribution in [1.29, 1.82) is 0 Å². The first kappa shape index (κ1) is 12.9. The summed E-state index contributed by atoms with van der Waals surface area (Å²) in [5.41, 5.74) is 2.09. The predicted octanol–water partition coefficient (Wildman–Crippen LogP) is 2.10. The molecule has 5 heteroatoms. The third kappa shape index (κ3) is 2.88. The molecule has 0 saturated heterocycles. The average Bonchev–Trinajstić information content (AvgIpc) is 2.53. The zero-order chi connectivity index (χ0) is 13.8. The van der Waals surface area contributed by atoms with E-state index < -0.39 is 0 Å². The van der Waals surface area contributed by atoms with Crippen molar-refractivity contribution < 1.29 is 9.47 Å². The fraction of sp³-hybridized carbons (Fsp3) is 0.333. The van der Waals surface area contributed by atoms with E-state index in [0.717, 1.165) is 29.3 Å². The lowest BCUT2D eigenvalue weighted by Crippen LogP contribution is -2.20. The molecular weight excluding hydrogens is 254 g/mol. The molecule has 5 nitrogen and oxygen atoms in total. The maximum atomic E-state index is 5.58. The van der Waals surface area contributed by atoms with Gasteiger partial charge in [-0.05, 0) is 24.6 Å². The molecule has 1 N–H and O–H groups in total. The van der Waals surface area contributed by atoms with E-state index in [1.807, 2.05) is 18.2 Å². The van der Waals surface area contributed by atoms with Crippen LogP contribution < -0.4 is 14.8 Å². The SMILES string of the molecule is CC(NCc1ccc2c(c1)OCCO2)c1cnccn1. The second-order valence-electron chi connectivity index (χ2n) is 4.71. The number of hydrogen-bond acceptors (Lipinski definition) is 5. The van der Waals surface area contributed by atoms with Gasteiger partial charge in [0.2, 0.25) is 0 Å². The summed E-state index contributed by atoms with van der Waals surface area (Å²) in [5, 5.41) is 3.42. The van der Waals surface area contributed by atoms with E-state index in [4.69, 9.17) is 9.47 Å². The maximum Gasteiger partial charge on any atom is 0.161 e. The lowest BCUT2D eigenvalue weighted by Gasteiger charge is -2.19. The minimum Gasteiger partial charge on any atom is -0.486 e. The van der Waals surface area contributed by atoms with Crippen LogP contribution in [-0.4, -0.2) is 23.2 Å². The van der Waals surface area contributed by atoms with Crippen LogP contribution in [0.15, 0.2) is 36.8 Å². The van der Waals surface area contributed by atoms with Gasteiger partial charge < -0.3 is 14.8 Å². The zero-order valence-electron chi connectivity index (χ0n) is 11.4. The highest BCUT2D eigenvalue weighted by atomic mass is 16.6. The van der Waals surface area contributed by atoms with Crippen LogP contribution in [0.2, 0.25) is 0 Å². The number of hydrogen-bond donors (Lipinski definition) is 1. The molecule has 1 aromatic heterocycles. The molecule has 0 amide bonds. The Kier molecular flexibility index (Phi) is 3.78. The highest BCUT2D eigenvalue weighted by Gasteiger charge is 2.12. The van der Waals surface area contributed by atoms with Crippen molar-refractivity contribution in [3.8, 4) is 11.5 Å². The van der Waals surface area contributed by atoms with E-state index in [2.05, 4.69) is 22.2 Å². The summed E-state index contributed by atoms with van der Waals surface area (Å²) in [6.07, 6.45) is 5.16. The summed E-state index contributed by atoms with van der Waals surface area (Å²) < 4.78 is 11.1. The van der Waals surface area contributed by atoms with Crippen LogP contribution >= 0.6 is 0 Å². The molecule has 2 aromatic rings. The minimum atomic E-state index is 0.150. The maximum absolute atomic E-state index is 5.58. The van der Waals surface area contributed by atoms with Gasteiger partial charge in [0.25, 0.3) is 0 Å². The molecule has 3 rings (SSSR count). The van der Waals surface area contributed by atoms with Gasteiger partial charge in [-0.1, -0.05) is 6.07 Å². The minimum absolute atomic E-state index is 0.150. The van der Waals surface area contributed by atoms with Gasteiger partial charge in [-0.3, -0.25) is 9.97 Å². The van der Waals surface area contributed by atoms with Gasteiger partial charge in [0.15, 0.2) is 11.5 Å². The molecule has 2 heterocycles. The van der Waals surface area contributed by atoms with Crippen molar-refractivity contribution in [3.63, 3.8) is 0 Å². The smallest absolute Gasteiger partial charge is 0.161 e. The summed E-state index contributed by atoms with van der Waals surface area (Å²) in [6, 6.07) is 6.17. The average molecular weight is 271 g/mol. The van der Waals surface area contributed by atoms with Gasteiger partial charge in [-0.2, -0.15) is 0 Å². The monoisotopic (exact) mass is 271 g/mol. The summed E-state index contributed by atoms with van der Waals surface area (Å²) >= 11 is 0. The number of nitrogens with zero attached hydrogens (tertiary/aromatic N) is 2. The van der Waals surface area contributed by atoms with Crippen molar-refractivity contribution in [1.82, 2.24) is 15.3 Å². The first-order valence-corrected chi connectivity index (χ1v) is 6.71. The quantitative estimate of drug-likeness (QED) is 0.923. The van der Waals surface area contributed by atoms with Crippen LogP contribution in [0.5, 0.6) is 11.5 Å². The highest BCUT2D eigenvalue weighted by molar-refractivity contribution is 5.43. The van der Waals surface area contributed by atoms with E-state index in [-0.39, 0.29) is 6.04 Å². The van der Waals surface area contributed by atoms with Gasteiger partial charge in [-0.15, -0.1) is 0 Å². The molecule has 0 radical (unpaired) electrons. The van der Waals surface area contributed by atoms with Crippen molar-refractivity contribution in [3.05, 3.63) is 48.0 Å². The summed E-state index contributed by atoms with van der Waals surface area (Å²) in [4.78, 5) is 8.37. The Hall–Kier alpha value is -2.14. The van der Waals surface area contributed by atoms with Crippen molar-refractivity contribution in [2.45, 2.75) is 19.5 Å². The zero-order valence-corrected chi connectivity index (χ0v) is 11.4. The van der Waals surface area contributed by atoms with Gasteiger partial charge in [0, 0.05) is 31.2 Å². The molecule has 1 atom stereocenters. The van der Waals surface area contributed by atoms with Crippen molar-refractivity contribution >= 4 is 0 Å². The number of rotatable bonds is 4. The fourth-order valence-electron chi connectivity index (χ4n) is 2.11. The Balaban J connectivity index is 1.64. The second kappa shape index (κ2) is 5.88. The number of benzene rings is 1. The molecule has 0 saturated carbocycles. The molecule has 1 aromatic carbocycles. The lowest BCUT2D eigenvalue weighted by molar-refractivity contribution is 0.171. The van der Waals surface area contributed by atoms with Gasteiger partial charge in [-0.25, -0.2) is 0 Å². The van der Waals surface area contributed by atoms with Crippen LogP contribution in [0, 0.1) is 0 Å². The predicted molar refractivity (Wildman–Crippen MR) is 74.7 cm³/mol. The van der Waals surface area contributed by atoms with E-state index in [0.29, 0.717) is 13.2 Å². The van der Waals surface area contributed by atoms with E-state index in [9.17, 15) is 0 Å². The normalized spacial score (nSPS) is 14.8. The van der Waals surface area contributed by atoms with Gasteiger partial charge >= 0.3 is 0 Å². The Bertz CT molecular complexity index is 575. The third-order valence-corrected chi connectivity index (χ3v) is 3.25. The van der Waals surface area contributed by atoms with Crippen LogP contribution in [-0.2, 0) is 6.54 Å². The largest absolute Gasteiger partial charge is 0.486 e. The fourth-order valence-corrected chi connectivity index (χ4v) is 2.11. The first-order valence-electron chi connectivity index (χ1n) is 6.71. The Morgan fingerprint density at radius 1 is 1.20 bits per heavy atom. The lowest BCUT2D eigenvalue weighted by atomic mass is 10.1. The summed E-state index contributed by atoms with van der Waals surface area (Å²) in [7, 11) is 0. The van der Waals surface area contributed by atoms with Crippen LogP contribution in [0.3, 0.4) is 0 Å². The topological polar surface area (TPSA) is 56.3 Å². The molecule has 0 aliphatic carbocycles.